The van der Waals surface area contributed by atoms with E-state index in [0.29, 0.717) is 0 Å². The highest BCUT2D eigenvalue weighted by Crippen LogP contribution is 2.53. The Labute approximate surface area is 408 Å². The summed E-state index contributed by atoms with van der Waals surface area (Å²) in [6.45, 7) is 29.0. The van der Waals surface area contributed by atoms with E-state index in [2.05, 4.69) is 236 Å². The van der Waals surface area contributed by atoms with Gasteiger partial charge in [-0.1, -0.05) is 97.1 Å². The van der Waals surface area contributed by atoms with Gasteiger partial charge in [0.25, 0.3) is 0 Å². The molecular weight excluding hydrogens is 901 g/mol. The number of nitrogens with one attached hydrogen (secondary N) is 2. The summed E-state index contributed by atoms with van der Waals surface area (Å²) in [5.74, 6) is 0. The van der Waals surface area contributed by atoms with Crippen LogP contribution in [0.2, 0.25) is 0 Å². The molecule has 9 rings (SSSR count). The van der Waals surface area contributed by atoms with Crippen molar-refractivity contribution in [3.8, 4) is 44.5 Å². The number of nitrogens with zero attached hydrogens (tertiary/aromatic N) is 2. The Hall–Kier alpha value is -4.80. The van der Waals surface area contributed by atoms with Crippen LogP contribution in [0.15, 0.2) is 121 Å². The Morgan fingerprint density at radius 3 is 0.647 bits per heavy atom. The van der Waals surface area contributed by atoms with Crippen LogP contribution in [0.5, 0.6) is 0 Å². The summed E-state index contributed by atoms with van der Waals surface area (Å²) < 4.78 is 0. The van der Waals surface area contributed by atoms with E-state index >= 15 is 0 Å². The van der Waals surface area contributed by atoms with Gasteiger partial charge in [-0.3, -0.25) is 0 Å². The molecule has 8 bridgehead atoms. The molecule has 0 spiro atoms. The number of hydrogen-bond acceptors (Lipinski definition) is 2. The Morgan fingerprint density at radius 2 is 0.471 bits per heavy atom. The van der Waals surface area contributed by atoms with Gasteiger partial charge in [0.2, 0.25) is 0 Å². The number of H-pyrrole nitrogens is 2. The lowest BCUT2D eigenvalue weighted by atomic mass is 10.0. The van der Waals surface area contributed by atoms with Crippen molar-refractivity contribution in [1.82, 2.24) is 19.9 Å². The smallest absolute Gasteiger partial charge is 0.0834 e. The highest BCUT2D eigenvalue weighted by Gasteiger charge is 2.24. The fourth-order valence-corrected chi connectivity index (χ4v) is 14.9. The SMILES string of the molecule is C[P+](C)(C)Cc1ccc(-c2c3nc(c(-c4ccc(C[P+](C)(C)C)cc4)c4ccc([nH]4)c(-c4ccc(C[P+](C)(C)C)cc4)c4nc(c(-c5ccc(C[P+](C)(C)C)cc5)c5ccc2[nH]5)C=C4)C=C3)cc1. The molecule has 0 fully saturated rings. The second-order valence-corrected chi connectivity index (χ2v) is 42.7. The molecule has 2 N–H and O–H groups in total. The summed E-state index contributed by atoms with van der Waals surface area (Å²) in [6, 6.07) is 45.9. The second-order valence-electron chi connectivity index (χ2n) is 23.1. The Balaban J connectivity index is 1.36. The molecule has 0 aliphatic carbocycles. The normalized spacial score (nSPS) is 13.1. The molecule has 0 radical (unpaired) electrons. The zero-order valence-electron chi connectivity index (χ0n) is 42.4. The van der Waals surface area contributed by atoms with Crippen LogP contribution in [0.4, 0.5) is 0 Å². The van der Waals surface area contributed by atoms with Crippen LogP contribution in [0, 0.1) is 0 Å². The minimum absolute atomic E-state index is 0.935. The topological polar surface area (TPSA) is 57.4 Å². The van der Waals surface area contributed by atoms with Crippen molar-refractivity contribution in [1.29, 1.82) is 0 Å². The van der Waals surface area contributed by atoms with E-state index in [9.17, 15) is 0 Å². The maximum absolute atomic E-state index is 5.61. The van der Waals surface area contributed by atoms with Crippen molar-refractivity contribution in [2.45, 2.75) is 24.6 Å². The molecule has 0 unspecified atom stereocenters. The minimum atomic E-state index is -1.01. The fourth-order valence-electron chi connectivity index (χ4n) is 9.72. The molecule has 8 heteroatoms. The third-order valence-electron chi connectivity index (χ3n) is 12.4. The summed E-state index contributed by atoms with van der Waals surface area (Å²) >= 11 is 0. The van der Waals surface area contributed by atoms with Crippen molar-refractivity contribution in [2.24, 2.45) is 0 Å². The summed E-state index contributed by atoms with van der Waals surface area (Å²) in [6.07, 6.45) is 13.3. The maximum atomic E-state index is 5.61. The average Bonchev–Trinajstić information content (AvgIpc) is 4.09. The number of fused-ring (bicyclic) bond motifs is 8. The summed E-state index contributed by atoms with van der Waals surface area (Å²) in [4.78, 5) is 19.2. The van der Waals surface area contributed by atoms with Crippen molar-refractivity contribution < 1.29 is 0 Å². The fraction of sp³-hybridized carbons (Fsp3) is 0.267. The molecule has 5 heterocycles. The van der Waals surface area contributed by atoms with Crippen molar-refractivity contribution >= 4 is 75.4 Å². The van der Waals surface area contributed by atoms with E-state index in [-0.39, 0.29) is 0 Å². The first-order valence-corrected chi connectivity index (χ1v) is 37.1. The van der Waals surface area contributed by atoms with Gasteiger partial charge in [-0.25, -0.2) is 9.97 Å². The lowest BCUT2D eigenvalue weighted by molar-refractivity contribution is 1.30. The summed E-state index contributed by atoms with van der Waals surface area (Å²) in [7, 11) is -4.04. The lowest BCUT2D eigenvalue weighted by Gasteiger charge is -2.13. The van der Waals surface area contributed by atoms with Crippen molar-refractivity contribution in [3.63, 3.8) is 0 Å². The molecule has 2 aliphatic heterocycles. The largest absolute Gasteiger partial charge is 0.354 e. The highest BCUT2D eigenvalue weighted by molar-refractivity contribution is 7.73. The molecule has 0 saturated heterocycles. The standard InChI is InChI=1S/C60H70N4P4/c1-65(2,3)37-41-13-21-45(22-14-41)57-49-29-31-51(61-49)58(46-23-15-42(16-24-46)38-66(4,5)6)53-33-35-55(63-53)60(48-27-19-44(20-28-48)40-68(10,11)12)56-36-34-54(64-56)59(52-32-30-50(57)62-52)47-25-17-43(18-26-47)39-67(7,8)9/h13-36,61,64H,37-40H2,1-12H3/q+4. The van der Waals surface area contributed by atoms with Crippen LogP contribution in [0.3, 0.4) is 0 Å². The number of rotatable bonds is 12. The van der Waals surface area contributed by atoms with Gasteiger partial charge in [-0.2, -0.15) is 0 Å². The third kappa shape index (κ3) is 11.4. The van der Waals surface area contributed by atoms with Gasteiger partial charge >= 0.3 is 0 Å². The van der Waals surface area contributed by atoms with Crippen LogP contribution < -0.4 is 0 Å². The van der Waals surface area contributed by atoms with Gasteiger partial charge in [0, 0.05) is 153 Å². The summed E-state index contributed by atoms with van der Waals surface area (Å²) in [5.41, 5.74) is 22.2. The monoisotopic (exact) mass is 970 g/mol. The van der Waals surface area contributed by atoms with Crippen LogP contribution in [-0.2, 0) is 24.6 Å². The first kappa shape index (κ1) is 48.2. The number of hydrogen-bond donors (Lipinski definition) is 2. The van der Waals surface area contributed by atoms with Gasteiger partial charge in [0.05, 0.1) is 47.4 Å². The van der Waals surface area contributed by atoms with E-state index in [1.54, 1.807) is 0 Å². The summed E-state index contributed by atoms with van der Waals surface area (Å²) in [5, 5.41) is 0. The van der Waals surface area contributed by atoms with Crippen LogP contribution in [0.1, 0.15) is 45.0 Å². The van der Waals surface area contributed by atoms with Crippen LogP contribution >= 0.6 is 29.0 Å². The van der Waals surface area contributed by atoms with Crippen molar-refractivity contribution in [3.05, 3.63) is 166 Å². The van der Waals surface area contributed by atoms with Gasteiger partial charge < -0.3 is 9.97 Å². The first-order chi connectivity index (χ1) is 32.1. The predicted molar refractivity (Wildman–Crippen MR) is 314 cm³/mol. The Kier molecular flexibility index (Phi) is 13.4. The highest BCUT2D eigenvalue weighted by atomic mass is 31.2. The third-order valence-corrected chi connectivity index (χ3v) is 17.6. The number of aromatic nitrogens is 4. The number of benzene rings is 4. The minimum Gasteiger partial charge on any atom is -0.354 e. The molecule has 346 valence electrons. The molecule has 2 aliphatic rings. The second kappa shape index (κ2) is 18.8. The quantitative estimate of drug-likeness (QED) is 0.120. The van der Waals surface area contributed by atoms with Gasteiger partial charge in [-0.15, -0.1) is 0 Å². The van der Waals surface area contributed by atoms with E-state index in [1.165, 1.54) is 22.3 Å². The Bertz CT molecular complexity index is 2790. The molecule has 68 heavy (non-hydrogen) atoms. The van der Waals surface area contributed by atoms with E-state index < -0.39 is 29.0 Å². The lowest BCUT2D eigenvalue weighted by Crippen LogP contribution is -1.93. The number of aromatic amines is 2. The molecule has 7 aromatic rings. The molecule has 0 atom stereocenters. The Morgan fingerprint density at radius 1 is 0.279 bits per heavy atom. The molecule has 0 amide bonds. The van der Waals surface area contributed by atoms with E-state index in [4.69, 9.17) is 9.97 Å². The van der Waals surface area contributed by atoms with Gasteiger partial charge in [0.15, 0.2) is 0 Å². The predicted octanol–water partition coefficient (Wildman–Crippen LogP) is 17.0. The van der Waals surface area contributed by atoms with Gasteiger partial charge in [0.1, 0.15) is 0 Å². The van der Waals surface area contributed by atoms with E-state index in [1.807, 2.05) is 0 Å². The molecule has 4 nitrogen and oxygen atoms in total. The molecular formula is C60H70N4P4+4. The first-order valence-electron chi connectivity index (χ1n) is 23.9. The molecule has 3 aromatic heterocycles. The van der Waals surface area contributed by atoms with Crippen LogP contribution in [0.25, 0.3) is 90.9 Å². The van der Waals surface area contributed by atoms with E-state index in [0.717, 1.165) is 114 Å². The average molecular weight is 971 g/mol. The zero-order valence-corrected chi connectivity index (χ0v) is 45.9. The van der Waals surface area contributed by atoms with Gasteiger partial charge in [-0.05, 0) is 93.1 Å². The molecule has 0 saturated carbocycles. The maximum Gasteiger partial charge on any atom is 0.0834 e. The zero-order chi connectivity index (χ0) is 48.2. The van der Waals surface area contributed by atoms with Crippen LogP contribution in [-0.4, -0.2) is 99.9 Å². The van der Waals surface area contributed by atoms with Crippen molar-refractivity contribution in [2.75, 3.05) is 80.0 Å². The molecule has 4 aromatic carbocycles.